The zero-order valence-electron chi connectivity index (χ0n) is 16.1. The fourth-order valence-electron chi connectivity index (χ4n) is 3.55. The van der Waals surface area contributed by atoms with Gasteiger partial charge in [-0.05, 0) is 42.7 Å². The Morgan fingerprint density at radius 2 is 1.97 bits per heavy atom. The minimum atomic E-state index is 0.404. The Bertz CT molecular complexity index is 1110. The molecule has 0 aliphatic carbocycles. The molecule has 3 aromatic heterocycles. The first-order valence-corrected chi connectivity index (χ1v) is 9.63. The average molecular weight is 391 g/mol. The van der Waals surface area contributed by atoms with Crippen molar-refractivity contribution in [2.24, 2.45) is 0 Å². The Hall–Kier alpha value is -3.33. The molecule has 9 heteroatoms. The van der Waals surface area contributed by atoms with Crippen LogP contribution in [0.4, 0.5) is 0 Å². The molecule has 1 aliphatic rings. The maximum atomic E-state index is 5.44. The quantitative estimate of drug-likeness (QED) is 0.515. The second-order valence-electron chi connectivity index (χ2n) is 7.04. The van der Waals surface area contributed by atoms with Crippen LogP contribution in [0.1, 0.15) is 30.3 Å². The van der Waals surface area contributed by atoms with Crippen LogP contribution < -0.4 is 4.74 Å². The van der Waals surface area contributed by atoms with E-state index in [4.69, 9.17) is 14.5 Å². The van der Waals surface area contributed by atoms with Gasteiger partial charge < -0.3 is 9.47 Å². The van der Waals surface area contributed by atoms with Crippen molar-refractivity contribution in [3.05, 3.63) is 54.2 Å². The molecule has 1 aromatic carbocycles. The highest BCUT2D eigenvalue weighted by Gasteiger charge is 2.17. The van der Waals surface area contributed by atoms with Gasteiger partial charge in [-0.25, -0.2) is 9.97 Å². The molecule has 0 amide bonds. The summed E-state index contributed by atoms with van der Waals surface area (Å²) in [6, 6.07) is 8.02. The molecule has 0 bridgehead atoms. The van der Waals surface area contributed by atoms with E-state index in [1.54, 1.807) is 18.0 Å². The van der Waals surface area contributed by atoms with Gasteiger partial charge in [-0.15, -0.1) is 5.10 Å². The van der Waals surface area contributed by atoms with Crippen molar-refractivity contribution in [1.82, 2.24) is 34.7 Å². The summed E-state index contributed by atoms with van der Waals surface area (Å²) in [6.07, 6.45) is 8.29. The smallest absolute Gasteiger partial charge is 0.187 e. The molecule has 29 heavy (non-hydrogen) atoms. The van der Waals surface area contributed by atoms with Gasteiger partial charge in [0.15, 0.2) is 11.2 Å². The number of rotatable bonds is 5. The first-order valence-electron chi connectivity index (χ1n) is 9.63. The Morgan fingerprint density at radius 3 is 2.76 bits per heavy atom. The molecule has 0 saturated carbocycles. The highest BCUT2D eigenvalue weighted by atomic mass is 16.5. The predicted molar refractivity (Wildman–Crippen MR) is 105 cm³/mol. The van der Waals surface area contributed by atoms with Gasteiger partial charge >= 0.3 is 0 Å². The lowest BCUT2D eigenvalue weighted by Crippen LogP contribution is -2.19. The number of methoxy groups -OCH3 is 1. The van der Waals surface area contributed by atoms with Crippen molar-refractivity contribution >= 4 is 11.2 Å². The summed E-state index contributed by atoms with van der Waals surface area (Å²) in [5.41, 5.74) is 3.28. The van der Waals surface area contributed by atoms with Gasteiger partial charge in [-0.2, -0.15) is 9.78 Å². The van der Waals surface area contributed by atoms with E-state index in [0.717, 1.165) is 43.1 Å². The van der Waals surface area contributed by atoms with Gasteiger partial charge in [0.25, 0.3) is 0 Å². The normalized spacial score (nSPS) is 15.1. The summed E-state index contributed by atoms with van der Waals surface area (Å²) in [6.45, 7) is 1.59. The van der Waals surface area contributed by atoms with Crippen molar-refractivity contribution < 1.29 is 9.47 Å². The summed E-state index contributed by atoms with van der Waals surface area (Å²) < 4.78 is 14.4. The van der Waals surface area contributed by atoms with Crippen LogP contribution in [0.3, 0.4) is 0 Å². The molecule has 1 saturated heterocycles. The third kappa shape index (κ3) is 3.56. The minimum Gasteiger partial charge on any atom is -0.497 e. The van der Waals surface area contributed by atoms with Gasteiger partial charge in [0.05, 0.1) is 31.2 Å². The van der Waals surface area contributed by atoms with Gasteiger partial charge in [-0.1, -0.05) is 5.21 Å². The molecule has 0 unspecified atom stereocenters. The number of benzene rings is 1. The summed E-state index contributed by atoms with van der Waals surface area (Å²) in [5, 5.41) is 12.9. The SMILES string of the molecule is COc1ccc(-n2nnc3cnc(Cc4cnn(C5CCOCC5)c4)nc32)cc1. The topological polar surface area (TPSA) is 92.8 Å². The molecular weight excluding hydrogens is 370 g/mol. The van der Waals surface area contributed by atoms with Crippen LogP contribution in [-0.2, 0) is 11.2 Å². The molecule has 0 spiro atoms. The van der Waals surface area contributed by atoms with E-state index >= 15 is 0 Å². The average Bonchev–Trinajstić information content (AvgIpc) is 3.41. The Labute approximate surface area is 167 Å². The highest BCUT2D eigenvalue weighted by Crippen LogP contribution is 2.21. The number of ether oxygens (including phenoxy) is 2. The van der Waals surface area contributed by atoms with Crippen molar-refractivity contribution in [3.8, 4) is 11.4 Å². The van der Waals surface area contributed by atoms with Crippen molar-refractivity contribution in [1.29, 1.82) is 0 Å². The van der Waals surface area contributed by atoms with Gasteiger partial charge in [0.2, 0.25) is 0 Å². The van der Waals surface area contributed by atoms with Crippen LogP contribution in [0.25, 0.3) is 16.9 Å². The predicted octanol–water partition coefficient (Wildman–Crippen LogP) is 2.36. The Kier molecular flexibility index (Phi) is 4.65. The molecule has 9 nitrogen and oxygen atoms in total. The van der Waals surface area contributed by atoms with Crippen LogP contribution >= 0.6 is 0 Å². The van der Waals surface area contributed by atoms with Crippen molar-refractivity contribution in [3.63, 3.8) is 0 Å². The van der Waals surface area contributed by atoms with E-state index < -0.39 is 0 Å². The third-order valence-electron chi connectivity index (χ3n) is 5.14. The lowest BCUT2D eigenvalue weighted by Gasteiger charge is -2.22. The maximum Gasteiger partial charge on any atom is 0.187 e. The second kappa shape index (κ2) is 7.59. The van der Waals surface area contributed by atoms with Gasteiger partial charge in [0.1, 0.15) is 11.6 Å². The lowest BCUT2D eigenvalue weighted by atomic mass is 10.1. The number of hydrogen-bond acceptors (Lipinski definition) is 7. The van der Waals surface area contributed by atoms with Gasteiger partial charge in [-0.3, -0.25) is 4.68 Å². The maximum absolute atomic E-state index is 5.44. The van der Waals surface area contributed by atoms with Crippen LogP contribution in [0.15, 0.2) is 42.9 Å². The molecule has 148 valence electrons. The molecule has 0 atom stereocenters. The van der Waals surface area contributed by atoms with E-state index in [9.17, 15) is 0 Å². The monoisotopic (exact) mass is 391 g/mol. The Balaban J connectivity index is 1.40. The minimum absolute atomic E-state index is 0.404. The fraction of sp³-hybridized carbons (Fsp3) is 0.350. The van der Waals surface area contributed by atoms with Crippen molar-refractivity contribution in [2.75, 3.05) is 20.3 Å². The van der Waals surface area contributed by atoms with Crippen molar-refractivity contribution in [2.45, 2.75) is 25.3 Å². The van der Waals surface area contributed by atoms with E-state index in [-0.39, 0.29) is 0 Å². The number of aromatic nitrogens is 7. The zero-order chi connectivity index (χ0) is 19.6. The first kappa shape index (κ1) is 17.7. The number of nitrogens with zero attached hydrogens (tertiary/aromatic N) is 7. The first-order chi connectivity index (χ1) is 14.3. The summed E-state index contributed by atoms with van der Waals surface area (Å²) in [7, 11) is 1.64. The molecule has 0 N–H and O–H groups in total. The molecule has 4 heterocycles. The second-order valence-corrected chi connectivity index (χ2v) is 7.04. The molecule has 0 radical (unpaired) electrons. The van der Waals surface area contributed by atoms with E-state index in [2.05, 4.69) is 26.6 Å². The molecule has 4 aromatic rings. The lowest BCUT2D eigenvalue weighted by molar-refractivity contribution is 0.0662. The molecule has 1 aliphatic heterocycles. The number of fused-ring (bicyclic) bond motifs is 1. The molecular formula is C20H21N7O2. The summed E-state index contributed by atoms with van der Waals surface area (Å²) in [5.74, 6) is 1.50. The van der Waals surface area contributed by atoms with Gasteiger partial charge in [0, 0.05) is 25.8 Å². The van der Waals surface area contributed by atoms with E-state index in [1.807, 2.05) is 35.1 Å². The summed E-state index contributed by atoms with van der Waals surface area (Å²) >= 11 is 0. The molecule has 5 rings (SSSR count). The van der Waals surface area contributed by atoms with Crippen LogP contribution in [0.5, 0.6) is 5.75 Å². The Morgan fingerprint density at radius 1 is 1.14 bits per heavy atom. The fourth-order valence-corrected chi connectivity index (χ4v) is 3.55. The number of hydrogen-bond donors (Lipinski definition) is 0. The van der Waals surface area contributed by atoms with E-state index in [0.29, 0.717) is 29.5 Å². The zero-order valence-corrected chi connectivity index (χ0v) is 16.1. The van der Waals surface area contributed by atoms with Crippen LogP contribution in [-0.4, -0.2) is 55.1 Å². The van der Waals surface area contributed by atoms with Crippen LogP contribution in [0.2, 0.25) is 0 Å². The molecule has 1 fully saturated rings. The largest absolute Gasteiger partial charge is 0.497 e. The third-order valence-corrected chi connectivity index (χ3v) is 5.14. The summed E-state index contributed by atoms with van der Waals surface area (Å²) in [4.78, 5) is 9.16. The highest BCUT2D eigenvalue weighted by molar-refractivity contribution is 5.70. The standard InChI is InChI=1S/C20H21N7O2/c1-28-17-4-2-16(3-5-17)27-20-18(24-25-27)12-21-19(23-20)10-14-11-22-26(13-14)15-6-8-29-9-7-15/h2-5,11-13,15H,6-10H2,1H3. The van der Waals surface area contributed by atoms with Crippen LogP contribution in [0, 0.1) is 0 Å². The van der Waals surface area contributed by atoms with E-state index in [1.165, 1.54) is 0 Å².